The first-order chi connectivity index (χ1) is 19.0. The van der Waals surface area contributed by atoms with Gasteiger partial charge in [0.15, 0.2) is 0 Å². The van der Waals surface area contributed by atoms with Crippen LogP contribution in [0.2, 0.25) is 0 Å². The molecule has 1 aliphatic heterocycles. The highest BCUT2D eigenvalue weighted by molar-refractivity contribution is 9.10. The first-order valence-corrected chi connectivity index (χ1v) is 14.5. The van der Waals surface area contributed by atoms with Crippen LogP contribution in [0.1, 0.15) is 53.8 Å². The summed E-state index contributed by atoms with van der Waals surface area (Å²) in [7, 11) is 0. The van der Waals surface area contributed by atoms with E-state index < -0.39 is 0 Å². The van der Waals surface area contributed by atoms with Crippen molar-refractivity contribution in [3.05, 3.63) is 141 Å². The molecule has 206 valence electrons. The zero-order valence-electron chi connectivity index (χ0n) is 22.1. The Labute approximate surface area is 245 Å². The Morgan fingerprint density at radius 3 is 2.12 bits per heavy atom. The second-order valence-corrected chi connectivity index (χ2v) is 11.5. The third-order valence-electron chi connectivity index (χ3n) is 8.43. The normalized spacial score (nSPS) is 17.4. The van der Waals surface area contributed by atoms with Crippen molar-refractivity contribution >= 4 is 21.8 Å². The highest BCUT2D eigenvalue weighted by Gasteiger charge is 2.39. The van der Waals surface area contributed by atoms with Crippen LogP contribution in [0.3, 0.4) is 0 Å². The molecule has 0 radical (unpaired) electrons. The Morgan fingerprint density at radius 1 is 0.875 bits per heavy atom. The van der Waals surface area contributed by atoms with Gasteiger partial charge in [0.05, 0.1) is 12.1 Å². The van der Waals surface area contributed by atoms with Gasteiger partial charge in [-0.05, 0) is 66.1 Å². The smallest absolute Gasteiger partial charge is 0.240 e. The second-order valence-electron chi connectivity index (χ2n) is 10.7. The molecule has 2 atom stereocenters. The third-order valence-corrected chi connectivity index (χ3v) is 9.15. The van der Waals surface area contributed by atoms with E-state index in [1.54, 1.807) is 12.1 Å². The van der Waals surface area contributed by atoms with Crippen LogP contribution in [-0.4, -0.2) is 34.3 Å². The topological polar surface area (TPSA) is 23.6 Å². The minimum atomic E-state index is -0.383. The van der Waals surface area contributed by atoms with Crippen molar-refractivity contribution in [3.63, 3.8) is 0 Å². The van der Waals surface area contributed by atoms with Crippen LogP contribution in [0, 0.1) is 5.82 Å². The molecule has 4 aromatic rings. The van der Waals surface area contributed by atoms with Crippen LogP contribution in [0.5, 0.6) is 0 Å². The van der Waals surface area contributed by atoms with Gasteiger partial charge in [0.2, 0.25) is 5.91 Å². The molecule has 40 heavy (non-hydrogen) atoms. The summed E-state index contributed by atoms with van der Waals surface area (Å²) in [6.45, 7) is 3.06. The lowest BCUT2D eigenvalue weighted by Gasteiger charge is -2.43. The molecule has 1 amide bonds. The van der Waals surface area contributed by atoms with Crippen LogP contribution in [0.25, 0.3) is 0 Å². The van der Waals surface area contributed by atoms with Crippen molar-refractivity contribution in [1.29, 1.82) is 0 Å². The Morgan fingerprint density at radius 2 is 1.45 bits per heavy atom. The summed E-state index contributed by atoms with van der Waals surface area (Å²) >= 11 is 3.79. The van der Waals surface area contributed by atoms with Gasteiger partial charge < -0.3 is 4.90 Å². The summed E-state index contributed by atoms with van der Waals surface area (Å²) in [4.78, 5) is 18.8. The molecule has 0 unspecified atom stereocenters. The van der Waals surface area contributed by atoms with E-state index in [0.29, 0.717) is 5.56 Å². The molecule has 4 aromatic carbocycles. The number of amides is 1. The number of halogens is 2. The summed E-state index contributed by atoms with van der Waals surface area (Å²) in [5.74, 6) is -0.219. The van der Waals surface area contributed by atoms with Gasteiger partial charge >= 0.3 is 0 Å². The lowest BCUT2D eigenvalue weighted by molar-refractivity contribution is -0.140. The molecule has 0 saturated carbocycles. The molecule has 3 nitrogen and oxygen atoms in total. The standard InChI is InChI=1S/C34H32BrFN2O.CH4/c1-23(37-19-18-24-10-4-6-14-29(24)33(37)30-15-7-8-16-31(30)35)34(39)38(22-27-13-5-9-17-32(27)36)28-20-25-11-2-3-12-26(25)21-28;/h2-17,23,28,33H,18-22H2,1H3;1H4/t23-,33+;/m0./s1. The van der Waals surface area contributed by atoms with Gasteiger partial charge in [-0.2, -0.15) is 0 Å². The number of hydrogen-bond donors (Lipinski definition) is 0. The Hall–Kier alpha value is -3.28. The molecule has 1 heterocycles. The summed E-state index contributed by atoms with van der Waals surface area (Å²) in [6, 6.07) is 31.6. The molecule has 0 spiro atoms. The highest BCUT2D eigenvalue weighted by atomic mass is 79.9. The fraction of sp³-hybridized carbons (Fsp3) is 0.286. The quantitative estimate of drug-likeness (QED) is 0.226. The highest BCUT2D eigenvalue weighted by Crippen LogP contribution is 2.40. The number of benzene rings is 4. The average molecular weight is 600 g/mol. The molecule has 0 bridgehead atoms. The molecule has 0 aromatic heterocycles. The van der Waals surface area contributed by atoms with Crippen LogP contribution in [0.15, 0.2) is 102 Å². The predicted octanol–water partition coefficient (Wildman–Crippen LogP) is 7.76. The van der Waals surface area contributed by atoms with Crippen molar-refractivity contribution in [1.82, 2.24) is 9.80 Å². The van der Waals surface area contributed by atoms with Gasteiger partial charge in [-0.25, -0.2) is 4.39 Å². The minimum absolute atomic E-state index is 0. The number of carbonyl (C=O) groups excluding carboxylic acids is 1. The summed E-state index contributed by atoms with van der Waals surface area (Å²) < 4.78 is 15.9. The number of nitrogens with zero attached hydrogens (tertiary/aromatic N) is 2. The van der Waals surface area contributed by atoms with Crippen molar-refractivity contribution < 1.29 is 9.18 Å². The van der Waals surface area contributed by atoms with Gasteiger partial charge in [-0.3, -0.25) is 9.69 Å². The zero-order chi connectivity index (χ0) is 26.9. The monoisotopic (exact) mass is 598 g/mol. The molecule has 6 rings (SSSR count). The van der Waals surface area contributed by atoms with Crippen molar-refractivity contribution in [3.8, 4) is 0 Å². The van der Waals surface area contributed by atoms with E-state index in [1.807, 2.05) is 24.0 Å². The van der Waals surface area contributed by atoms with E-state index in [0.717, 1.165) is 35.8 Å². The Bertz CT molecular complexity index is 1480. The first-order valence-electron chi connectivity index (χ1n) is 13.7. The van der Waals surface area contributed by atoms with Gasteiger partial charge in [0, 0.05) is 29.2 Å². The van der Waals surface area contributed by atoms with Gasteiger partial charge in [0.25, 0.3) is 0 Å². The molecular formula is C35H36BrFN2O. The van der Waals surface area contributed by atoms with E-state index in [9.17, 15) is 9.18 Å². The van der Waals surface area contributed by atoms with Crippen molar-refractivity contribution in [2.45, 2.75) is 58.3 Å². The third kappa shape index (κ3) is 5.37. The van der Waals surface area contributed by atoms with E-state index >= 15 is 0 Å². The maximum atomic E-state index is 14.9. The number of fused-ring (bicyclic) bond motifs is 2. The fourth-order valence-corrected chi connectivity index (χ4v) is 6.88. The van der Waals surface area contributed by atoms with E-state index in [1.165, 1.54) is 28.3 Å². The zero-order valence-corrected chi connectivity index (χ0v) is 23.6. The predicted molar refractivity (Wildman–Crippen MR) is 164 cm³/mol. The molecule has 0 saturated heterocycles. The van der Waals surface area contributed by atoms with Crippen molar-refractivity contribution in [2.75, 3.05) is 6.54 Å². The van der Waals surface area contributed by atoms with Gasteiger partial charge in [-0.15, -0.1) is 0 Å². The molecule has 0 N–H and O–H groups in total. The van der Waals surface area contributed by atoms with E-state index in [-0.39, 0.29) is 43.8 Å². The van der Waals surface area contributed by atoms with Crippen LogP contribution >= 0.6 is 15.9 Å². The van der Waals surface area contributed by atoms with Crippen LogP contribution in [0.4, 0.5) is 4.39 Å². The number of rotatable bonds is 6. The lowest BCUT2D eigenvalue weighted by atomic mass is 9.87. The summed E-state index contributed by atoms with van der Waals surface area (Å²) in [5.41, 5.74) is 6.82. The van der Waals surface area contributed by atoms with Crippen molar-refractivity contribution in [2.24, 2.45) is 0 Å². The second kappa shape index (κ2) is 12.1. The SMILES string of the molecule is C.C[C@@H](C(=O)N(Cc1ccccc1F)C1Cc2ccccc2C1)N1CCc2ccccc2[C@@H]1c1ccccc1Br. The first kappa shape index (κ1) is 28.3. The Kier molecular flexibility index (Phi) is 8.53. The maximum absolute atomic E-state index is 14.9. The molecule has 1 aliphatic carbocycles. The molecule has 2 aliphatic rings. The number of hydrogen-bond acceptors (Lipinski definition) is 2. The Balaban J connectivity index is 0.00000323. The summed E-state index contributed by atoms with van der Waals surface area (Å²) in [6.07, 6.45) is 2.47. The van der Waals surface area contributed by atoms with E-state index in [4.69, 9.17) is 0 Å². The van der Waals surface area contributed by atoms with Gasteiger partial charge in [0.1, 0.15) is 5.82 Å². The average Bonchev–Trinajstić information content (AvgIpc) is 3.40. The molecular weight excluding hydrogens is 563 g/mol. The summed E-state index contributed by atoms with van der Waals surface area (Å²) in [5, 5.41) is 0. The number of carbonyl (C=O) groups is 1. The fourth-order valence-electron chi connectivity index (χ4n) is 6.38. The minimum Gasteiger partial charge on any atom is -0.333 e. The van der Waals surface area contributed by atoms with E-state index in [2.05, 4.69) is 87.6 Å². The van der Waals surface area contributed by atoms with Crippen LogP contribution < -0.4 is 0 Å². The molecule has 5 heteroatoms. The lowest BCUT2D eigenvalue weighted by Crippen LogP contribution is -2.53. The van der Waals surface area contributed by atoms with Gasteiger partial charge in [-0.1, -0.05) is 108 Å². The molecule has 0 fully saturated rings. The largest absolute Gasteiger partial charge is 0.333 e. The van der Waals surface area contributed by atoms with Crippen LogP contribution in [-0.2, 0) is 30.6 Å². The maximum Gasteiger partial charge on any atom is 0.240 e.